The van der Waals surface area contributed by atoms with Crippen molar-refractivity contribution in [1.82, 2.24) is 15.2 Å². The van der Waals surface area contributed by atoms with Crippen molar-refractivity contribution in [3.63, 3.8) is 0 Å². The minimum absolute atomic E-state index is 0.0230. The summed E-state index contributed by atoms with van der Waals surface area (Å²) >= 11 is 0. The van der Waals surface area contributed by atoms with Crippen LogP contribution in [0.15, 0.2) is 29.2 Å². The smallest absolute Gasteiger partial charge is 0.272 e. The fraction of sp³-hybridized carbons (Fsp3) is 0.350. The highest BCUT2D eigenvalue weighted by Gasteiger charge is 2.25. The molecule has 0 fully saturated rings. The monoisotopic (exact) mass is 421 g/mol. The normalized spacial score (nSPS) is 17.0. The molecule has 2 heterocycles. The molecule has 2 aromatic rings. The zero-order chi connectivity index (χ0) is 21.8. The van der Waals surface area contributed by atoms with Gasteiger partial charge in [-0.3, -0.25) is 14.4 Å². The number of amides is 2. The van der Waals surface area contributed by atoms with Crippen LogP contribution in [0.5, 0.6) is 5.75 Å². The second kappa shape index (κ2) is 9.04. The summed E-state index contributed by atoms with van der Waals surface area (Å²) < 4.78 is 33.5. The molecule has 3 N–H and O–H groups in total. The lowest BCUT2D eigenvalue weighted by atomic mass is 10.1. The molecule has 0 saturated carbocycles. The Morgan fingerprint density at radius 3 is 2.83 bits per heavy atom. The summed E-state index contributed by atoms with van der Waals surface area (Å²) in [5.74, 6) is -3.97. The van der Waals surface area contributed by atoms with E-state index in [-0.39, 0.29) is 37.0 Å². The number of aromatic hydroxyl groups is 1. The van der Waals surface area contributed by atoms with E-state index in [1.54, 1.807) is 6.92 Å². The number of fused-ring (bicyclic) bond motifs is 1. The van der Waals surface area contributed by atoms with E-state index in [0.29, 0.717) is 19.1 Å². The highest BCUT2D eigenvalue weighted by atomic mass is 19.1. The molecule has 1 aliphatic rings. The number of nitrogens with zero attached hydrogens (tertiary/aromatic N) is 1. The minimum atomic E-state index is -1.03. The largest absolute Gasteiger partial charge is 0.503 e. The van der Waals surface area contributed by atoms with Gasteiger partial charge in [-0.25, -0.2) is 8.78 Å². The van der Waals surface area contributed by atoms with Crippen LogP contribution in [0.4, 0.5) is 8.78 Å². The average molecular weight is 421 g/mol. The van der Waals surface area contributed by atoms with Gasteiger partial charge in [0.05, 0.1) is 6.61 Å². The average Bonchev–Trinajstić information content (AvgIpc) is 2.68. The maximum absolute atomic E-state index is 13.7. The topological polar surface area (TPSA) is 110 Å². The lowest BCUT2D eigenvalue weighted by molar-refractivity contribution is 0.0853. The number of carbonyl (C=O) groups is 2. The molecule has 30 heavy (non-hydrogen) atoms. The summed E-state index contributed by atoms with van der Waals surface area (Å²) in [6, 6.07) is 2.65. The van der Waals surface area contributed by atoms with E-state index >= 15 is 0 Å². The summed E-state index contributed by atoms with van der Waals surface area (Å²) in [7, 11) is 0. The molecular formula is C20H21F2N3O5. The highest BCUT2D eigenvalue weighted by Crippen LogP contribution is 2.16. The standard InChI is InChI=1S/C20H21F2N3O5/c1-11-4-6-30-7-5-25-10-14(17(26)18(27)16(25)20(29)24-11)19(28)23-9-12-2-3-13(21)8-15(12)22/h2-3,8,10-11,27H,4-7,9H2,1H3,(H,23,28)(H,24,29)/t11-/m1/s1. The van der Waals surface area contributed by atoms with Gasteiger partial charge in [-0.2, -0.15) is 0 Å². The van der Waals surface area contributed by atoms with E-state index in [1.807, 2.05) is 0 Å². The van der Waals surface area contributed by atoms with Gasteiger partial charge < -0.3 is 25.0 Å². The first kappa shape index (κ1) is 21.4. The third kappa shape index (κ3) is 4.65. The van der Waals surface area contributed by atoms with Gasteiger partial charge in [0.25, 0.3) is 11.8 Å². The number of benzene rings is 1. The molecule has 0 aliphatic carbocycles. The summed E-state index contributed by atoms with van der Waals surface area (Å²) in [6.07, 6.45) is 1.72. The Kier molecular flexibility index (Phi) is 6.46. The Bertz CT molecular complexity index is 1040. The molecule has 1 atom stereocenters. The van der Waals surface area contributed by atoms with Crippen molar-refractivity contribution in [1.29, 1.82) is 0 Å². The molecule has 1 aromatic heterocycles. The summed E-state index contributed by atoms with van der Waals surface area (Å²) in [5, 5.41) is 15.4. The molecule has 10 heteroatoms. The van der Waals surface area contributed by atoms with Crippen LogP contribution in [0.25, 0.3) is 0 Å². The lowest BCUT2D eigenvalue weighted by Gasteiger charge is -2.21. The van der Waals surface area contributed by atoms with Crippen molar-refractivity contribution < 1.29 is 28.2 Å². The van der Waals surface area contributed by atoms with E-state index in [1.165, 1.54) is 10.6 Å². The number of hydrogen-bond acceptors (Lipinski definition) is 5. The van der Waals surface area contributed by atoms with Gasteiger partial charge in [0, 0.05) is 43.6 Å². The van der Waals surface area contributed by atoms with Crippen molar-refractivity contribution >= 4 is 11.8 Å². The van der Waals surface area contributed by atoms with Gasteiger partial charge in [-0.15, -0.1) is 0 Å². The molecule has 8 nitrogen and oxygen atoms in total. The van der Waals surface area contributed by atoms with Crippen molar-refractivity contribution in [2.45, 2.75) is 32.5 Å². The Morgan fingerprint density at radius 1 is 1.33 bits per heavy atom. The van der Waals surface area contributed by atoms with Crippen molar-refractivity contribution in [2.75, 3.05) is 13.2 Å². The molecular weight excluding hydrogens is 400 g/mol. The van der Waals surface area contributed by atoms with E-state index in [2.05, 4.69) is 10.6 Å². The minimum Gasteiger partial charge on any atom is -0.503 e. The molecule has 1 aromatic carbocycles. The quantitative estimate of drug-likeness (QED) is 0.692. The zero-order valence-electron chi connectivity index (χ0n) is 16.2. The molecule has 1 aliphatic heterocycles. The molecule has 0 spiro atoms. The molecule has 3 rings (SSSR count). The maximum atomic E-state index is 13.7. The van der Waals surface area contributed by atoms with Crippen LogP contribution in [0.2, 0.25) is 0 Å². The first-order valence-electron chi connectivity index (χ1n) is 9.35. The summed E-state index contributed by atoms with van der Waals surface area (Å²) in [4.78, 5) is 37.5. The number of ether oxygens (including phenoxy) is 1. The van der Waals surface area contributed by atoms with Gasteiger partial charge in [-0.1, -0.05) is 6.07 Å². The summed E-state index contributed by atoms with van der Waals surface area (Å²) in [6.45, 7) is 2.21. The second-order valence-electron chi connectivity index (χ2n) is 6.96. The molecule has 0 unspecified atom stereocenters. The fourth-order valence-corrected chi connectivity index (χ4v) is 3.05. The van der Waals surface area contributed by atoms with Crippen LogP contribution in [-0.4, -0.2) is 40.7 Å². The number of nitrogens with one attached hydrogen (secondary N) is 2. The van der Waals surface area contributed by atoms with Crippen molar-refractivity contribution in [2.24, 2.45) is 0 Å². The van der Waals surface area contributed by atoms with E-state index in [4.69, 9.17) is 4.74 Å². The Labute approximate surface area is 170 Å². The lowest BCUT2D eigenvalue weighted by Crippen LogP contribution is -2.38. The van der Waals surface area contributed by atoms with E-state index in [9.17, 15) is 28.3 Å². The van der Waals surface area contributed by atoms with Crippen LogP contribution in [0.1, 0.15) is 39.8 Å². The zero-order valence-corrected chi connectivity index (χ0v) is 16.2. The van der Waals surface area contributed by atoms with Gasteiger partial charge in [-0.05, 0) is 19.4 Å². The number of halogens is 2. The molecule has 0 radical (unpaired) electrons. The third-order valence-corrected chi connectivity index (χ3v) is 4.72. The summed E-state index contributed by atoms with van der Waals surface area (Å²) in [5.41, 5.74) is -1.69. The van der Waals surface area contributed by atoms with Gasteiger partial charge in [0.15, 0.2) is 11.4 Å². The van der Waals surface area contributed by atoms with Crippen LogP contribution >= 0.6 is 0 Å². The first-order chi connectivity index (χ1) is 14.3. The Balaban J connectivity index is 1.90. The predicted molar refractivity (Wildman–Crippen MR) is 102 cm³/mol. The van der Waals surface area contributed by atoms with Crippen LogP contribution in [0, 0.1) is 11.6 Å². The van der Waals surface area contributed by atoms with Crippen LogP contribution in [0.3, 0.4) is 0 Å². The molecule has 0 bridgehead atoms. The van der Waals surface area contributed by atoms with Crippen molar-refractivity contribution in [3.05, 3.63) is 63.1 Å². The SMILES string of the molecule is C[C@@H]1CCOCCn2cc(C(=O)NCc3ccc(F)cc3F)c(=O)c(O)c2C(=O)N1. The fourth-order valence-electron chi connectivity index (χ4n) is 3.05. The predicted octanol–water partition coefficient (Wildman–Crippen LogP) is 1.30. The highest BCUT2D eigenvalue weighted by molar-refractivity contribution is 5.98. The molecule has 2 amide bonds. The van der Waals surface area contributed by atoms with Gasteiger partial charge >= 0.3 is 0 Å². The van der Waals surface area contributed by atoms with Crippen LogP contribution in [-0.2, 0) is 17.8 Å². The van der Waals surface area contributed by atoms with Crippen molar-refractivity contribution in [3.8, 4) is 5.75 Å². The number of hydrogen-bond donors (Lipinski definition) is 3. The Morgan fingerprint density at radius 2 is 2.10 bits per heavy atom. The first-order valence-corrected chi connectivity index (χ1v) is 9.35. The number of pyridine rings is 1. The Hall–Kier alpha value is -3.27. The van der Waals surface area contributed by atoms with Gasteiger partial charge in [0.1, 0.15) is 17.2 Å². The van der Waals surface area contributed by atoms with E-state index in [0.717, 1.165) is 12.3 Å². The number of carbonyl (C=O) groups excluding carboxylic acids is 2. The third-order valence-electron chi connectivity index (χ3n) is 4.72. The maximum Gasteiger partial charge on any atom is 0.272 e. The second-order valence-corrected chi connectivity index (χ2v) is 6.96. The van der Waals surface area contributed by atoms with Gasteiger partial charge in [0.2, 0.25) is 5.43 Å². The van der Waals surface area contributed by atoms with E-state index < -0.39 is 40.2 Å². The van der Waals surface area contributed by atoms with Crippen LogP contribution < -0.4 is 16.1 Å². The number of aromatic nitrogens is 1. The molecule has 160 valence electrons. The molecule has 0 saturated heterocycles. The number of rotatable bonds is 3.